The predicted octanol–water partition coefficient (Wildman–Crippen LogP) is 2.68. The Kier molecular flexibility index (Phi) is 4.82. The van der Waals surface area contributed by atoms with E-state index in [2.05, 4.69) is 20.2 Å². The molecule has 1 fully saturated rings. The number of hydrogen-bond donors (Lipinski definition) is 2. The van der Waals surface area contributed by atoms with E-state index in [0.717, 1.165) is 12.8 Å². The van der Waals surface area contributed by atoms with Gasteiger partial charge in [0, 0.05) is 17.2 Å². The summed E-state index contributed by atoms with van der Waals surface area (Å²) in [6.07, 6.45) is 2.15. The Balaban J connectivity index is 1.36. The van der Waals surface area contributed by atoms with Crippen LogP contribution in [0.5, 0.6) is 0 Å². The second kappa shape index (κ2) is 7.43. The van der Waals surface area contributed by atoms with Crippen LogP contribution in [0.4, 0.5) is 5.69 Å². The molecule has 0 aliphatic heterocycles. The summed E-state index contributed by atoms with van der Waals surface area (Å²) in [5.41, 5.74) is 0.760. The minimum absolute atomic E-state index is 0.140. The van der Waals surface area contributed by atoms with Crippen LogP contribution in [-0.2, 0) is 16.6 Å². The van der Waals surface area contributed by atoms with Crippen LogP contribution in [0.2, 0.25) is 0 Å². The molecule has 1 amide bonds. The number of aromatic nitrogens is 2. The van der Waals surface area contributed by atoms with Crippen molar-refractivity contribution in [3.8, 4) is 0 Å². The fourth-order valence-electron chi connectivity index (χ4n) is 2.61. The molecule has 1 aliphatic rings. The van der Waals surface area contributed by atoms with E-state index in [4.69, 9.17) is 4.52 Å². The molecular weight excluding hydrogens is 380 g/mol. The number of carbonyl (C=O) groups is 1. The molecule has 0 unspecified atom stereocenters. The molecule has 0 bridgehead atoms. The zero-order valence-electron chi connectivity index (χ0n) is 14.8. The Bertz CT molecular complexity index is 1070. The lowest BCUT2D eigenvalue weighted by Gasteiger charge is -2.09. The zero-order chi connectivity index (χ0) is 19.6. The van der Waals surface area contributed by atoms with Crippen molar-refractivity contribution in [1.29, 1.82) is 0 Å². The van der Waals surface area contributed by atoms with Crippen LogP contribution < -0.4 is 10.0 Å². The first-order valence-electron chi connectivity index (χ1n) is 8.80. The standard InChI is InChI=1S/C19H18N4O4S/c24-19(20-12-17-21-18(22-27-17)13-6-7-13)14-8-10-15(11-9-14)23-28(25,26)16-4-2-1-3-5-16/h1-5,8-11,13,23H,6-7,12H2,(H,20,24). The van der Waals surface area contributed by atoms with Crippen molar-refractivity contribution in [3.63, 3.8) is 0 Å². The Morgan fingerprint density at radius 1 is 1.07 bits per heavy atom. The zero-order valence-corrected chi connectivity index (χ0v) is 15.6. The molecule has 2 N–H and O–H groups in total. The van der Waals surface area contributed by atoms with Crippen molar-refractivity contribution in [1.82, 2.24) is 15.5 Å². The monoisotopic (exact) mass is 398 g/mol. The van der Waals surface area contributed by atoms with Gasteiger partial charge in [-0.15, -0.1) is 0 Å². The molecule has 1 saturated carbocycles. The highest BCUT2D eigenvalue weighted by atomic mass is 32.2. The molecule has 3 aromatic rings. The summed E-state index contributed by atoms with van der Waals surface area (Å²) >= 11 is 0. The summed E-state index contributed by atoms with van der Waals surface area (Å²) in [4.78, 5) is 16.7. The number of rotatable bonds is 7. The lowest BCUT2D eigenvalue weighted by Crippen LogP contribution is -2.23. The van der Waals surface area contributed by atoms with Crippen LogP contribution >= 0.6 is 0 Å². The minimum atomic E-state index is -3.67. The number of benzene rings is 2. The third-order valence-electron chi connectivity index (χ3n) is 4.28. The SMILES string of the molecule is O=C(NCc1nc(C2CC2)no1)c1ccc(NS(=O)(=O)c2ccccc2)cc1. The highest BCUT2D eigenvalue weighted by Gasteiger charge is 2.28. The van der Waals surface area contributed by atoms with Gasteiger partial charge in [0.15, 0.2) is 5.82 Å². The number of carbonyl (C=O) groups excluding carboxylic acids is 1. The third-order valence-corrected chi connectivity index (χ3v) is 5.68. The van der Waals surface area contributed by atoms with Gasteiger partial charge in [-0.3, -0.25) is 9.52 Å². The fraction of sp³-hybridized carbons (Fsp3) is 0.211. The Morgan fingerprint density at radius 2 is 1.79 bits per heavy atom. The van der Waals surface area contributed by atoms with Crippen molar-refractivity contribution in [2.45, 2.75) is 30.2 Å². The van der Waals surface area contributed by atoms with Crippen LogP contribution in [0.3, 0.4) is 0 Å². The summed E-state index contributed by atoms with van der Waals surface area (Å²) in [6, 6.07) is 14.2. The normalized spacial score (nSPS) is 13.9. The minimum Gasteiger partial charge on any atom is -0.343 e. The Hall–Kier alpha value is -3.20. The van der Waals surface area contributed by atoms with Gasteiger partial charge in [0.05, 0.1) is 11.4 Å². The van der Waals surface area contributed by atoms with Gasteiger partial charge >= 0.3 is 0 Å². The van der Waals surface area contributed by atoms with E-state index in [0.29, 0.717) is 28.9 Å². The first-order valence-corrected chi connectivity index (χ1v) is 10.3. The molecule has 144 valence electrons. The van der Waals surface area contributed by atoms with Crippen molar-refractivity contribution in [2.75, 3.05) is 4.72 Å². The molecule has 28 heavy (non-hydrogen) atoms. The molecule has 4 rings (SSSR count). The molecule has 8 nitrogen and oxygen atoms in total. The van der Waals surface area contributed by atoms with Crippen molar-refractivity contribution >= 4 is 21.6 Å². The van der Waals surface area contributed by atoms with Gasteiger partial charge in [-0.05, 0) is 49.2 Å². The summed E-state index contributed by atoms with van der Waals surface area (Å²) in [5, 5.41) is 6.60. The molecular formula is C19H18N4O4S. The number of anilines is 1. The van der Waals surface area contributed by atoms with Crippen LogP contribution in [0, 0.1) is 0 Å². The fourth-order valence-corrected chi connectivity index (χ4v) is 3.69. The number of amides is 1. The molecule has 0 atom stereocenters. The van der Waals surface area contributed by atoms with Crippen LogP contribution in [0.15, 0.2) is 64.0 Å². The summed E-state index contributed by atoms with van der Waals surface area (Å²) in [5.74, 6) is 1.13. The van der Waals surface area contributed by atoms with Crippen molar-refractivity contribution in [2.24, 2.45) is 0 Å². The van der Waals surface area contributed by atoms with Gasteiger partial charge in [0.2, 0.25) is 5.89 Å². The van der Waals surface area contributed by atoms with Crippen LogP contribution in [0.1, 0.15) is 40.8 Å². The molecule has 1 heterocycles. The maximum absolute atomic E-state index is 12.3. The van der Waals surface area contributed by atoms with Crippen LogP contribution in [0.25, 0.3) is 0 Å². The molecule has 2 aromatic carbocycles. The molecule has 0 saturated heterocycles. The lowest BCUT2D eigenvalue weighted by atomic mass is 10.2. The smallest absolute Gasteiger partial charge is 0.261 e. The van der Waals surface area contributed by atoms with E-state index in [1.54, 1.807) is 30.3 Å². The summed E-state index contributed by atoms with van der Waals surface area (Å²) < 4.78 is 32.2. The maximum Gasteiger partial charge on any atom is 0.261 e. The summed E-state index contributed by atoms with van der Waals surface area (Å²) in [6.45, 7) is 0.140. The van der Waals surface area contributed by atoms with Crippen molar-refractivity contribution < 1.29 is 17.7 Å². The van der Waals surface area contributed by atoms with Gasteiger partial charge < -0.3 is 9.84 Å². The topological polar surface area (TPSA) is 114 Å². The van der Waals surface area contributed by atoms with E-state index in [1.807, 2.05) is 0 Å². The lowest BCUT2D eigenvalue weighted by molar-refractivity contribution is 0.0946. The van der Waals surface area contributed by atoms with E-state index in [9.17, 15) is 13.2 Å². The first kappa shape index (κ1) is 18.2. The Morgan fingerprint density at radius 3 is 2.46 bits per heavy atom. The van der Waals surface area contributed by atoms with Gasteiger partial charge in [-0.1, -0.05) is 23.4 Å². The number of nitrogens with one attached hydrogen (secondary N) is 2. The van der Waals surface area contributed by atoms with Gasteiger partial charge in [0.1, 0.15) is 0 Å². The van der Waals surface area contributed by atoms with E-state index < -0.39 is 10.0 Å². The van der Waals surface area contributed by atoms with Gasteiger partial charge in [-0.25, -0.2) is 8.42 Å². The van der Waals surface area contributed by atoms with Crippen molar-refractivity contribution in [3.05, 3.63) is 71.9 Å². The molecule has 0 spiro atoms. The van der Waals surface area contributed by atoms with Gasteiger partial charge in [-0.2, -0.15) is 4.98 Å². The van der Waals surface area contributed by atoms with Crippen LogP contribution in [-0.4, -0.2) is 24.5 Å². The molecule has 9 heteroatoms. The largest absolute Gasteiger partial charge is 0.343 e. The maximum atomic E-state index is 12.3. The molecule has 0 radical (unpaired) electrons. The highest BCUT2D eigenvalue weighted by Crippen LogP contribution is 2.38. The average molecular weight is 398 g/mol. The number of sulfonamides is 1. The van der Waals surface area contributed by atoms with E-state index in [-0.39, 0.29) is 17.3 Å². The number of nitrogens with zero attached hydrogens (tertiary/aromatic N) is 2. The third kappa shape index (κ3) is 4.20. The van der Waals surface area contributed by atoms with E-state index in [1.165, 1.54) is 24.3 Å². The molecule has 1 aliphatic carbocycles. The average Bonchev–Trinajstić information content (AvgIpc) is 3.45. The predicted molar refractivity (Wildman–Crippen MR) is 101 cm³/mol. The second-order valence-corrected chi connectivity index (χ2v) is 8.18. The molecule has 1 aromatic heterocycles. The summed E-state index contributed by atoms with van der Waals surface area (Å²) in [7, 11) is -3.67. The van der Waals surface area contributed by atoms with Gasteiger partial charge in [0.25, 0.3) is 15.9 Å². The second-order valence-electron chi connectivity index (χ2n) is 6.50. The number of hydrogen-bond acceptors (Lipinski definition) is 6. The highest BCUT2D eigenvalue weighted by molar-refractivity contribution is 7.92. The van der Waals surface area contributed by atoms with E-state index >= 15 is 0 Å². The first-order chi connectivity index (χ1) is 13.5. The quantitative estimate of drug-likeness (QED) is 0.632. The Labute approximate surface area is 162 Å².